The minimum Gasteiger partial charge on any atom is -0.480 e. The van der Waals surface area contributed by atoms with E-state index in [4.69, 9.17) is 9.84 Å². The van der Waals surface area contributed by atoms with E-state index in [1.807, 2.05) is 19.9 Å². The zero-order valence-corrected chi connectivity index (χ0v) is 11.6. The highest BCUT2D eigenvalue weighted by Crippen LogP contribution is 2.21. The van der Waals surface area contributed by atoms with Crippen LogP contribution >= 0.6 is 0 Å². The molecule has 1 amide bonds. The molecule has 1 aromatic rings. The fraction of sp³-hybridized carbons (Fsp3) is 0.429. The number of hydrogen-bond acceptors (Lipinski definition) is 3. The van der Waals surface area contributed by atoms with Crippen LogP contribution in [0.25, 0.3) is 0 Å². The van der Waals surface area contributed by atoms with Gasteiger partial charge in [0.05, 0.1) is 0 Å². The molecule has 104 valence electrons. The van der Waals surface area contributed by atoms with Crippen molar-refractivity contribution in [3.8, 4) is 0 Å². The van der Waals surface area contributed by atoms with Crippen LogP contribution < -0.4 is 4.90 Å². The van der Waals surface area contributed by atoms with Crippen LogP contribution in [0.3, 0.4) is 0 Å². The number of benzene rings is 1. The molecule has 0 aromatic heterocycles. The fourth-order valence-electron chi connectivity index (χ4n) is 1.98. The maximum Gasteiger partial charge on any atom is 0.326 e. The first kappa shape index (κ1) is 15.2. The zero-order chi connectivity index (χ0) is 14.6. The molecule has 1 aromatic carbocycles. The lowest BCUT2D eigenvalue weighted by Gasteiger charge is -2.27. The molecule has 1 atom stereocenters. The third kappa shape index (κ3) is 3.79. The van der Waals surface area contributed by atoms with Gasteiger partial charge in [-0.2, -0.15) is 0 Å². The summed E-state index contributed by atoms with van der Waals surface area (Å²) >= 11 is 0. The summed E-state index contributed by atoms with van der Waals surface area (Å²) in [5.74, 6) is -1.42. The molecule has 0 aliphatic carbocycles. The predicted octanol–water partition coefficient (Wildman–Crippen LogP) is 1.76. The van der Waals surface area contributed by atoms with Crippen molar-refractivity contribution in [3.05, 3.63) is 29.3 Å². The van der Waals surface area contributed by atoms with E-state index < -0.39 is 12.0 Å². The van der Waals surface area contributed by atoms with Crippen molar-refractivity contribution in [1.29, 1.82) is 0 Å². The van der Waals surface area contributed by atoms with Crippen molar-refractivity contribution < 1.29 is 19.4 Å². The third-order valence-corrected chi connectivity index (χ3v) is 2.77. The van der Waals surface area contributed by atoms with Crippen molar-refractivity contribution in [2.75, 3.05) is 18.6 Å². The van der Waals surface area contributed by atoms with Gasteiger partial charge in [-0.25, -0.2) is 4.79 Å². The first-order chi connectivity index (χ1) is 8.86. The van der Waals surface area contributed by atoms with Crippen LogP contribution in [-0.4, -0.2) is 36.7 Å². The number of carbonyl (C=O) groups excluding carboxylic acids is 1. The number of amides is 1. The Hall–Kier alpha value is -1.88. The Morgan fingerprint density at radius 2 is 1.79 bits per heavy atom. The van der Waals surface area contributed by atoms with Crippen molar-refractivity contribution in [3.63, 3.8) is 0 Å². The molecule has 1 rings (SSSR count). The van der Waals surface area contributed by atoms with Crippen molar-refractivity contribution in [2.24, 2.45) is 0 Å². The Kier molecular flexibility index (Phi) is 5.06. The summed E-state index contributed by atoms with van der Waals surface area (Å²) in [6, 6.07) is 4.61. The lowest BCUT2D eigenvalue weighted by atomic mass is 10.1. The lowest BCUT2D eigenvalue weighted by molar-refractivity contribution is -0.140. The second-order valence-corrected chi connectivity index (χ2v) is 4.56. The summed E-state index contributed by atoms with van der Waals surface area (Å²) in [6.45, 7) is 5.14. The highest BCUT2D eigenvalue weighted by atomic mass is 16.5. The number of carboxylic acid groups (broad SMARTS) is 1. The highest BCUT2D eigenvalue weighted by Gasteiger charge is 2.27. The van der Waals surface area contributed by atoms with Gasteiger partial charge in [0.15, 0.2) is 0 Å². The Morgan fingerprint density at radius 1 is 1.26 bits per heavy atom. The number of rotatable bonds is 5. The molecule has 5 heteroatoms. The van der Waals surface area contributed by atoms with Crippen LogP contribution in [0.15, 0.2) is 18.2 Å². The van der Waals surface area contributed by atoms with Crippen molar-refractivity contribution >= 4 is 17.6 Å². The summed E-state index contributed by atoms with van der Waals surface area (Å²) in [5.41, 5.74) is 2.53. The van der Waals surface area contributed by atoms with Gasteiger partial charge in [-0.05, 0) is 44.0 Å². The Morgan fingerprint density at radius 3 is 2.21 bits per heavy atom. The average molecular weight is 265 g/mol. The van der Waals surface area contributed by atoms with Gasteiger partial charge in [-0.3, -0.25) is 9.69 Å². The van der Waals surface area contributed by atoms with E-state index in [0.29, 0.717) is 5.69 Å². The number of ether oxygens (including phenoxy) is 1. The first-order valence-corrected chi connectivity index (χ1v) is 5.99. The average Bonchev–Trinajstić information content (AvgIpc) is 2.27. The van der Waals surface area contributed by atoms with E-state index in [1.165, 1.54) is 18.9 Å². The second kappa shape index (κ2) is 6.33. The van der Waals surface area contributed by atoms with Crippen molar-refractivity contribution in [1.82, 2.24) is 0 Å². The molecular weight excluding hydrogens is 246 g/mol. The summed E-state index contributed by atoms with van der Waals surface area (Å²) in [4.78, 5) is 24.5. The summed E-state index contributed by atoms with van der Waals surface area (Å²) in [6.07, 6.45) is 0. The van der Waals surface area contributed by atoms with Crippen LogP contribution in [0.2, 0.25) is 0 Å². The monoisotopic (exact) mass is 265 g/mol. The maximum atomic E-state index is 12.0. The minimum atomic E-state index is -1.05. The van der Waals surface area contributed by atoms with Crippen LogP contribution in [0, 0.1) is 13.8 Å². The molecule has 0 fully saturated rings. The Bertz CT molecular complexity index is 464. The molecule has 0 saturated heterocycles. The Balaban J connectivity index is 3.22. The number of methoxy groups -OCH3 is 1. The van der Waals surface area contributed by atoms with Gasteiger partial charge < -0.3 is 9.84 Å². The largest absolute Gasteiger partial charge is 0.480 e. The van der Waals surface area contributed by atoms with Crippen LogP contribution in [-0.2, 0) is 14.3 Å². The van der Waals surface area contributed by atoms with E-state index >= 15 is 0 Å². The molecule has 0 heterocycles. The first-order valence-electron chi connectivity index (χ1n) is 5.99. The fourth-order valence-corrected chi connectivity index (χ4v) is 1.98. The van der Waals surface area contributed by atoms with Crippen molar-refractivity contribution in [2.45, 2.75) is 26.8 Å². The van der Waals surface area contributed by atoms with E-state index in [0.717, 1.165) is 11.1 Å². The van der Waals surface area contributed by atoms with Gasteiger partial charge in [-0.1, -0.05) is 6.07 Å². The number of hydrogen-bond donors (Lipinski definition) is 1. The predicted molar refractivity (Wildman–Crippen MR) is 72.4 cm³/mol. The molecular formula is C14H19NO4. The molecule has 0 aliphatic heterocycles. The SMILES string of the molecule is COCC(=O)N(c1cc(C)cc(C)c1)[C@@H](C)C(=O)O. The molecule has 5 nitrogen and oxygen atoms in total. The third-order valence-electron chi connectivity index (χ3n) is 2.77. The van der Waals surface area contributed by atoms with Gasteiger partial charge in [0.25, 0.3) is 5.91 Å². The van der Waals surface area contributed by atoms with Crippen LogP contribution in [0.1, 0.15) is 18.1 Å². The summed E-state index contributed by atoms with van der Waals surface area (Å²) in [7, 11) is 1.41. The number of aryl methyl sites for hydroxylation is 2. The van der Waals surface area contributed by atoms with Gasteiger partial charge in [0.1, 0.15) is 12.6 Å². The maximum absolute atomic E-state index is 12.0. The molecule has 19 heavy (non-hydrogen) atoms. The quantitative estimate of drug-likeness (QED) is 0.880. The van der Waals surface area contributed by atoms with Gasteiger partial charge >= 0.3 is 5.97 Å². The highest BCUT2D eigenvalue weighted by molar-refractivity contribution is 5.99. The van der Waals surface area contributed by atoms with Gasteiger partial charge in [0.2, 0.25) is 0 Å². The normalized spacial score (nSPS) is 12.0. The molecule has 0 unspecified atom stereocenters. The van der Waals surface area contributed by atoms with Crippen LogP contribution in [0.4, 0.5) is 5.69 Å². The number of carbonyl (C=O) groups is 2. The lowest BCUT2D eigenvalue weighted by Crippen LogP contribution is -2.45. The number of nitrogens with zero attached hydrogens (tertiary/aromatic N) is 1. The standard InChI is InChI=1S/C14H19NO4/c1-9-5-10(2)7-12(6-9)15(11(3)14(17)18)13(16)8-19-4/h5-7,11H,8H2,1-4H3,(H,17,18)/t11-/m0/s1. The zero-order valence-electron chi connectivity index (χ0n) is 11.6. The number of carboxylic acids is 1. The van der Waals surface area contributed by atoms with E-state index in [1.54, 1.807) is 12.1 Å². The molecule has 0 aliphatic rings. The van der Waals surface area contributed by atoms with Crippen LogP contribution in [0.5, 0.6) is 0 Å². The van der Waals surface area contributed by atoms with E-state index in [2.05, 4.69) is 0 Å². The van der Waals surface area contributed by atoms with Gasteiger partial charge in [-0.15, -0.1) is 0 Å². The molecule has 0 saturated carbocycles. The smallest absolute Gasteiger partial charge is 0.326 e. The Labute approximate surface area is 112 Å². The second-order valence-electron chi connectivity index (χ2n) is 4.56. The summed E-state index contributed by atoms with van der Waals surface area (Å²) < 4.78 is 4.81. The minimum absolute atomic E-state index is 0.148. The molecule has 1 N–H and O–H groups in total. The van der Waals surface area contributed by atoms with E-state index in [9.17, 15) is 9.59 Å². The van der Waals surface area contributed by atoms with E-state index in [-0.39, 0.29) is 12.5 Å². The topological polar surface area (TPSA) is 66.8 Å². The summed E-state index contributed by atoms with van der Waals surface area (Å²) in [5, 5.41) is 9.13. The molecule has 0 spiro atoms. The molecule has 0 bridgehead atoms. The number of aliphatic carboxylic acids is 1. The number of anilines is 1. The van der Waals surface area contributed by atoms with Gasteiger partial charge in [0, 0.05) is 12.8 Å². The molecule has 0 radical (unpaired) electrons.